The SMILES string of the molecule is Cc1ccccc1C=NOCc1ccccc1C(F)F. The number of aryl methyl sites for hydroxylation is 1. The molecule has 0 spiro atoms. The molecule has 0 atom stereocenters. The number of halogens is 2. The number of rotatable bonds is 5. The van der Waals surface area contributed by atoms with Gasteiger partial charge in [-0.3, -0.25) is 0 Å². The van der Waals surface area contributed by atoms with Gasteiger partial charge in [0.15, 0.2) is 0 Å². The maximum absolute atomic E-state index is 12.8. The zero-order valence-corrected chi connectivity index (χ0v) is 11.1. The highest BCUT2D eigenvalue weighted by molar-refractivity contribution is 5.81. The maximum atomic E-state index is 12.8. The second-order valence-corrected chi connectivity index (χ2v) is 4.36. The van der Waals surface area contributed by atoms with Gasteiger partial charge in [-0.1, -0.05) is 53.7 Å². The molecular weight excluding hydrogens is 260 g/mol. The molecule has 2 aromatic rings. The van der Waals surface area contributed by atoms with E-state index < -0.39 is 6.43 Å². The third kappa shape index (κ3) is 3.63. The highest BCUT2D eigenvalue weighted by atomic mass is 19.3. The first-order valence-electron chi connectivity index (χ1n) is 6.25. The van der Waals surface area contributed by atoms with Crippen LogP contribution >= 0.6 is 0 Å². The predicted octanol–water partition coefficient (Wildman–Crippen LogP) is 4.48. The van der Waals surface area contributed by atoms with Gasteiger partial charge < -0.3 is 4.84 Å². The molecule has 0 unspecified atom stereocenters. The Kier molecular flexibility index (Phi) is 4.82. The Balaban J connectivity index is 1.98. The molecule has 0 fully saturated rings. The number of oxime groups is 1. The summed E-state index contributed by atoms with van der Waals surface area (Å²) >= 11 is 0. The Hall–Kier alpha value is -2.23. The van der Waals surface area contributed by atoms with Crippen LogP contribution in [0, 0.1) is 6.92 Å². The van der Waals surface area contributed by atoms with Crippen LogP contribution in [0.3, 0.4) is 0 Å². The largest absolute Gasteiger partial charge is 0.391 e. The monoisotopic (exact) mass is 275 g/mol. The minimum Gasteiger partial charge on any atom is -0.391 e. The van der Waals surface area contributed by atoms with E-state index in [1.54, 1.807) is 24.4 Å². The third-order valence-electron chi connectivity index (χ3n) is 2.97. The van der Waals surface area contributed by atoms with Crippen molar-refractivity contribution in [1.82, 2.24) is 0 Å². The van der Waals surface area contributed by atoms with E-state index in [1.807, 2.05) is 31.2 Å². The van der Waals surface area contributed by atoms with E-state index in [0.29, 0.717) is 5.56 Å². The van der Waals surface area contributed by atoms with Crippen LogP contribution in [-0.4, -0.2) is 6.21 Å². The Morgan fingerprint density at radius 1 is 1.10 bits per heavy atom. The summed E-state index contributed by atoms with van der Waals surface area (Å²) in [6.45, 7) is 2.00. The molecule has 0 N–H and O–H groups in total. The van der Waals surface area contributed by atoms with Crippen molar-refractivity contribution in [2.75, 3.05) is 0 Å². The zero-order valence-electron chi connectivity index (χ0n) is 11.1. The molecule has 0 saturated carbocycles. The second-order valence-electron chi connectivity index (χ2n) is 4.36. The fourth-order valence-electron chi connectivity index (χ4n) is 1.81. The van der Waals surface area contributed by atoms with Crippen LogP contribution in [-0.2, 0) is 11.4 Å². The fourth-order valence-corrected chi connectivity index (χ4v) is 1.81. The van der Waals surface area contributed by atoms with Crippen molar-refractivity contribution < 1.29 is 13.6 Å². The fraction of sp³-hybridized carbons (Fsp3) is 0.188. The number of hydrogen-bond donors (Lipinski definition) is 0. The van der Waals surface area contributed by atoms with Crippen LogP contribution in [0.4, 0.5) is 8.78 Å². The first kappa shape index (κ1) is 14.2. The lowest BCUT2D eigenvalue weighted by Crippen LogP contribution is -1.96. The molecule has 2 aromatic carbocycles. The van der Waals surface area contributed by atoms with Crippen LogP contribution in [0.15, 0.2) is 53.7 Å². The van der Waals surface area contributed by atoms with E-state index in [1.165, 1.54) is 6.07 Å². The van der Waals surface area contributed by atoms with Crippen LogP contribution < -0.4 is 0 Å². The molecule has 0 amide bonds. The van der Waals surface area contributed by atoms with Gasteiger partial charge in [-0.05, 0) is 18.1 Å². The van der Waals surface area contributed by atoms with Crippen molar-refractivity contribution in [3.05, 3.63) is 70.8 Å². The Bertz CT molecular complexity index is 597. The summed E-state index contributed by atoms with van der Waals surface area (Å²) in [4.78, 5) is 5.11. The van der Waals surface area contributed by atoms with Gasteiger partial charge in [0.25, 0.3) is 6.43 Å². The van der Waals surface area contributed by atoms with Gasteiger partial charge in [0.2, 0.25) is 0 Å². The van der Waals surface area contributed by atoms with Gasteiger partial charge in [0.1, 0.15) is 6.61 Å². The Morgan fingerprint density at radius 2 is 1.80 bits per heavy atom. The topological polar surface area (TPSA) is 21.6 Å². The molecule has 0 bridgehead atoms. The minimum atomic E-state index is -2.50. The maximum Gasteiger partial charge on any atom is 0.264 e. The van der Waals surface area contributed by atoms with Crippen molar-refractivity contribution >= 4 is 6.21 Å². The first-order valence-corrected chi connectivity index (χ1v) is 6.25. The molecule has 0 saturated heterocycles. The smallest absolute Gasteiger partial charge is 0.264 e. The summed E-state index contributed by atoms with van der Waals surface area (Å²) in [7, 11) is 0. The van der Waals surface area contributed by atoms with E-state index in [4.69, 9.17) is 4.84 Å². The molecule has 0 aliphatic heterocycles. The molecule has 0 aliphatic rings. The summed E-state index contributed by atoms with van der Waals surface area (Å²) in [5, 5.41) is 3.83. The number of hydrogen-bond acceptors (Lipinski definition) is 2. The predicted molar refractivity (Wildman–Crippen MR) is 75.0 cm³/mol. The summed E-state index contributed by atoms with van der Waals surface area (Å²) in [6.07, 6.45) is -0.921. The molecule has 0 radical (unpaired) electrons. The van der Waals surface area contributed by atoms with Crippen molar-refractivity contribution in [3.63, 3.8) is 0 Å². The van der Waals surface area contributed by atoms with Gasteiger partial charge in [0.05, 0.1) is 6.21 Å². The number of nitrogens with zero attached hydrogens (tertiary/aromatic N) is 1. The molecule has 20 heavy (non-hydrogen) atoms. The highest BCUT2D eigenvalue weighted by Gasteiger charge is 2.11. The minimum absolute atomic E-state index is 0.0152. The average Bonchev–Trinajstić information content (AvgIpc) is 2.45. The summed E-state index contributed by atoms with van der Waals surface area (Å²) in [5.41, 5.74) is 2.45. The van der Waals surface area contributed by atoms with Crippen molar-refractivity contribution in [1.29, 1.82) is 0 Å². The summed E-state index contributed by atoms with van der Waals surface area (Å²) in [6, 6.07) is 14.0. The number of benzene rings is 2. The van der Waals surface area contributed by atoms with Gasteiger partial charge >= 0.3 is 0 Å². The average molecular weight is 275 g/mol. The Morgan fingerprint density at radius 3 is 2.55 bits per heavy atom. The van der Waals surface area contributed by atoms with E-state index in [-0.39, 0.29) is 12.2 Å². The lowest BCUT2D eigenvalue weighted by Gasteiger charge is -2.07. The van der Waals surface area contributed by atoms with E-state index >= 15 is 0 Å². The van der Waals surface area contributed by atoms with Crippen LogP contribution in [0.5, 0.6) is 0 Å². The molecule has 0 heterocycles. The summed E-state index contributed by atoms with van der Waals surface area (Å²) < 4.78 is 25.5. The molecular formula is C16H15F2NO. The van der Waals surface area contributed by atoms with Crippen molar-refractivity contribution in [3.8, 4) is 0 Å². The molecule has 104 valence electrons. The third-order valence-corrected chi connectivity index (χ3v) is 2.97. The summed E-state index contributed by atoms with van der Waals surface area (Å²) in [5.74, 6) is 0. The van der Waals surface area contributed by atoms with Crippen LogP contribution in [0.25, 0.3) is 0 Å². The zero-order chi connectivity index (χ0) is 14.4. The lowest BCUT2D eigenvalue weighted by molar-refractivity contribution is 0.120. The van der Waals surface area contributed by atoms with E-state index in [9.17, 15) is 8.78 Å². The van der Waals surface area contributed by atoms with Gasteiger partial charge in [-0.2, -0.15) is 0 Å². The number of alkyl halides is 2. The van der Waals surface area contributed by atoms with Crippen LogP contribution in [0.2, 0.25) is 0 Å². The quantitative estimate of drug-likeness (QED) is 0.582. The molecule has 0 aromatic heterocycles. The highest BCUT2D eigenvalue weighted by Crippen LogP contribution is 2.23. The lowest BCUT2D eigenvalue weighted by atomic mass is 10.1. The molecule has 0 aliphatic carbocycles. The van der Waals surface area contributed by atoms with Gasteiger partial charge in [-0.25, -0.2) is 8.78 Å². The second kappa shape index (κ2) is 6.80. The molecule has 4 heteroatoms. The van der Waals surface area contributed by atoms with Gasteiger partial charge in [0, 0.05) is 11.1 Å². The van der Waals surface area contributed by atoms with E-state index in [0.717, 1.165) is 11.1 Å². The van der Waals surface area contributed by atoms with Crippen molar-refractivity contribution in [2.24, 2.45) is 5.16 Å². The molecule has 2 rings (SSSR count). The standard InChI is InChI=1S/C16H15F2NO/c1-12-6-2-3-7-13(12)10-19-20-11-14-8-4-5-9-15(14)16(17)18/h2-10,16H,11H2,1H3. The van der Waals surface area contributed by atoms with E-state index in [2.05, 4.69) is 5.16 Å². The van der Waals surface area contributed by atoms with Gasteiger partial charge in [-0.15, -0.1) is 0 Å². The molecule has 2 nitrogen and oxygen atoms in total. The Labute approximate surface area is 116 Å². The van der Waals surface area contributed by atoms with Crippen LogP contribution in [0.1, 0.15) is 28.7 Å². The normalized spacial score (nSPS) is 11.2. The first-order chi connectivity index (χ1) is 9.68. The van der Waals surface area contributed by atoms with Crippen molar-refractivity contribution in [2.45, 2.75) is 20.0 Å².